The molecule has 0 aromatic heterocycles. The fourth-order valence-corrected chi connectivity index (χ4v) is 4.51. The number of piperidine rings is 1. The van der Waals surface area contributed by atoms with Gasteiger partial charge in [-0.2, -0.15) is 0 Å². The number of methoxy groups -OCH3 is 2. The van der Waals surface area contributed by atoms with Gasteiger partial charge in [-0.1, -0.05) is 12.1 Å². The van der Waals surface area contributed by atoms with E-state index in [1.807, 2.05) is 29.2 Å². The molecule has 0 radical (unpaired) electrons. The van der Waals surface area contributed by atoms with Crippen LogP contribution >= 0.6 is 0 Å². The first-order chi connectivity index (χ1) is 13.6. The smallest absolute Gasteiger partial charge is 0.224 e. The second-order valence-corrected chi connectivity index (χ2v) is 7.93. The summed E-state index contributed by atoms with van der Waals surface area (Å²) in [5, 5.41) is 3.27. The number of hydrogen-bond donors (Lipinski definition) is 1. The summed E-state index contributed by atoms with van der Waals surface area (Å²) in [5.41, 5.74) is 1.22. The maximum Gasteiger partial charge on any atom is 0.224 e. The Morgan fingerprint density at radius 3 is 2.36 bits per heavy atom. The Kier molecular flexibility index (Phi) is 7.31. The van der Waals surface area contributed by atoms with Crippen LogP contribution in [0.25, 0.3) is 0 Å². The predicted octanol–water partition coefficient (Wildman–Crippen LogP) is 2.41. The van der Waals surface area contributed by atoms with Crippen molar-refractivity contribution in [3.05, 3.63) is 29.8 Å². The Morgan fingerprint density at radius 1 is 1.07 bits per heavy atom. The van der Waals surface area contributed by atoms with E-state index in [0.29, 0.717) is 31.3 Å². The summed E-state index contributed by atoms with van der Waals surface area (Å²) < 4.78 is 10.2. The minimum absolute atomic E-state index is 0.134. The Hall–Kier alpha value is -2.08. The van der Waals surface area contributed by atoms with Crippen LogP contribution in [0, 0.1) is 11.8 Å². The van der Waals surface area contributed by atoms with E-state index < -0.39 is 0 Å². The molecule has 2 fully saturated rings. The van der Waals surface area contributed by atoms with Gasteiger partial charge in [-0.3, -0.25) is 9.59 Å². The molecular weight excluding hydrogens is 356 g/mol. The molecule has 1 aromatic rings. The highest BCUT2D eigenvalue weighted by Crippen LogP contribution is 2.37. The summed E-state index contributed by atoms with van der Waals surface area (Å²) in [7, 11) is 3.28. The van der Waals surface area contributed by atoms with Crippen LogP contribution in [0.1, 0.15) is 37.7 Å². The van der Waals surface area contributed by atoms with Crippen molar-refractivity contribution in [1.82, 2.24) is 10.2 Å². The van der Waals surface area contributed by atoms with Crippen LogP contribution in [0.4, 0.5) is 0 Å². The Balaban J connectivity index is 1.41. The summed E-state index contributed by atoms with van der Waals surface area (Å²) in [6.45, 7) is 1.99. The second kappa shape index (κ2) is 9.92. The molecule has 1 aliphatic carbocycles. The molecule has 2 aliphatic rings. The van der Waals surface area contributed by atoms with Gasteiger partial charge in [0.1, 0.15) is 5.75 Å². The molecule has 6 heteroatoms. The zero-order chi connectivity index (χ0) is 19.9. The lowest BCUT2D eigenvalue weighted by atomic mass is 9.91. The van der Waals surface area contributed by atoms with Gasteiger partial charge in [0.15, 0.2) is 0 Å². The lowest BCUT2D eigenvalue weighted by molar-refractivity contribution is -0.135. The van der Waals surface area contributed by atoms with Crippen molar-refractivity contribution >= 4 is 11.8 Å². The number of rotatable bonds is 9. The van der Waals surface area contributed by atoms with E-state index in [9.17, 15) is 9.59 Å². The number of amides is 2. The number of nitrogens with one attached hydrogen (secondary N) is 1. The molecular formula is C22H32N2O4. The normalized spacial score (nSPS) is 23.5. The van der Waals surface area contributed by atoms with Gasteiger partial charge in [0, 0.05) is 32.7 Å². The Labute approximate surface area is 167 Å². The van der Waals surface area contributed by atoms with Crippen molar-refractivity contribution in [2.75, 3.05) is 33.9 Å². The van der Waals surface area contributed by atoms with Gasteiger partial charge < -0.3 is 19.7 Å². The van der Waals surface area contributed by atoms with E-state index in [0.717, 1.165) is 44.5 Å². The Bertz CT molecular complexity index is 647. The summed E-state index contributed by atoms with van der Waals surface area (Å²) in [4.78, 5) is 26.7. The molecule has 3 atom stereocenters. The van der Waals surface area contributed by atoms with Gasteiger partial charge in [-0.25, -0.2) is 0 Å². The van der Waals surface area contributed by atoms with Crippen LogP contribution in [0.2, 0.25) is 0 Å². The second-order valence-electron chi connectivity index (χ2n) is 7.93. The van der Waals surface area contributed by atoms with Crippen molar-refractivity contribution in [2.45, 2.75) is 44.6 Å². The van der Waals surface area contributed by atoms with Gasteiger partial charge in [-0.15, -0.1) is 0 Å². The van der Waals surface area contributed by atoms with E-state index in [1.165, 1.54) is 5.56 Å². The van der Waals surface area contributed by atoms with E-state index in [4.69, 9.17) is 9.47 Å². The molecule has 154 valence electrons. The number of aryl methyl sites for hydroxylation is 1. The third-order valence-electron chi connectivity index (χ3n) is 6.06. The van der Waals surface area contributed by atoms with Gasteiger partial charge in [0.25, 0.3) is 0 Å². The first-order valence-corrected chi connectivity index (χ1v) is 10.3. The summed E-state index contributed by atoms with van der Waals surface area (Å²) >= 11 is 0. The van der Waals surface area contributed by atoms with Crippen LogP contribution in [-0.4, -0.2) is 56.7 Å². The number of ether oxygens (including phenoxy) is 2. The molecule has 1 heterocycles. The molecule has 0 spiro atoms. The summed E-state index contributed by atoms with van der Waals surface area (Å²) in [6.07, 6.45) is 4.89. The molecule has 2 bridgehead atoms. The molecule has 1 saturated carbocycles. The monoisotopic (exact) mass is 388 g/mol. The zero-order valence-corrected chi connectivity index (χ0v) is 17.0. The van der Waals surface area contributed by atoms with E-state index in [1.54, 1.807) is 14.2 Å². The maximum atomic E-state index is 12.4. The topological polar surface area (TPSA) is 67.9 Å². The zero-order valence-electron chi connectivity index (χ0n) is 17.0. The number of likely N-dealkylation sites (tertiary alicyclic amines) is 1. The highest BCUT2D eigenvalue weighted by atomic mass is 16.5. The largest absolute Gasteiger partial charge is 0.497 e. The number of fused-ring (bicyclic) bond motifs is 2. The Morgan fingerprint density at radius 2 is 1.75 bits per heavy atom. The molecule has 3 rings (SSSR count). The van der Waals surface area contributed by atoms with Crippen LogP contribution in [-0.2, 0) is 20.7 Å². The first kappa shape index (κ1) is 20.6. The van der Waals surface area contributed by atoms with Crippen molar-refractivity contribution in [3.63, 3.8) is 0 Å². The highest BCUT2D eigenvalue weighted by molar-refractivity contribution is 5.77. The molecule has 1 N–H and O–H groups in total. The molecule has 1 saturated heterocycles. The molecule has 6 nitrogen and oxygen atoms in total. The van der Waals surface area contributed by atoms with Crippen molar-refractivity contribution in [1.29, 1.82) is 0 Å². The number of nitrogens with zero attached hydrogens (tertiary/aromatic N) is 1. The van der Waals surface area contributed by atoms with Crippen LogP contribution in [0.15, 0.2) is 24.3 Å². The molecule has 1 aliphatic heterocycles. The number of carbonyl (C=O) groups is 2. The van der Waals surface area contributed by atoms with E-state index >= 15 is 0 Å². The van der Waals surface area contributed by atoms with E-state index in [2.05, 4.69) is 5.32 Å². The van der Waals surface area contributed by atoms with Gasteiger partial charge in [0.05, 0.1) is 20.1 Å². The van der Waals surface area contributed by atoms with Crippen molar-refractivity contribution in [2.24, 2.45) is 11.8 Å². The molecule has 2 amide bonds. The molecule has 1 aromatic carbocycles. The predicted molar refractivity (Wildman–Crippen MR) is 107 cm³/mol. The van der Waals surface area contributed by atoms with E-state index in [-0.39, 0.29) is 17.9 Å². The number of carbonyl (C=O) groups excluding carboxylic acids is 2. The maximum absolute atomic E-state index is 12.4. The van der Waals surface area contributed by atoms with Crippen LogP contribution in [0.5, 0.6) is 5.75 Å². The van der Waals surface area contributed by atoms with Crippen LogP contribution in [0.3, 0.4) is 0 Å². The van der Waals surface area contributed by atoms with Crippen LogP contribution < -0.4 is 10.1 Å². The summed E-state index contributed by atoms with van der Waals surface area (Å²) in [5.74, 6) is 1.92. The average molecular weight is 389 g/mol. The minimum atomic E-state index is 0.134. The van der Waals surface area contributed by atoms with Crippen molar-refractivity contribution < 1.29 is 19.1 Å². The first-order valence-electron chi connectivity index (χ1n) is 10.3. The third-order valence-corrected chi connectivity index (χ3v) is 6.06. The minimum Gasteiger partial charge on any atom is -0.497 e. The highest BCUT2D eigenvalue weighted by Gasteiger charge is 2.43. The number of hydrogen-bond acceptors (Lipinski definition) is 4. The quantitative estimate of drug-likeness (QED) is 0.705. The average Bonchev–Trinajstić information content (AvgIpc) is 2.93. The van der Waals surface area contributed by atoms with Crippen molar-refractivity contribution in [3.8, 4) is 5.75 Å². The fraction of sp³-hybridized carbons (Fsp3) is 0.636. The fourth-order valence-electron chi connectivity index (χ4n) is 4.51. The molecule has 28 heavy (non-hydrogen) atoms. The standard InChI is InChI=1S/C22H32N2O4/c1-27-13-12-21(26)24-14-17-8-9-18(15-24)22(17)23-20(25)5-3-4-16-6-10-19(28-2)11-7-16/h6-7,10-11,17-18,22H,3-5,8-9,12-15H2,1-2H3,(H,23,25)/t17-,18+,22?. The third kappa shape index (κ3) is 5.25. The SMILES string of the molecule is COCCC(=O)N1C[C@H]2CC[C@@H](C1)C2NC(=O)CCCc1ccc(OC)cc1. The lowest BCUT2D eigenvalue weighted by Gasteiger charge is -2.38. The summed E-state index contributed by atoms with van der Waals surface area (Å²) in [6, 6.07) is 8.23. The molecule has 1 unspecified atom stereocenters. The van der Waals surface area contributed by atoms with Gasteiger partial charge >= 0.3 is 0 Å². The lowest BCUT2D eigenvalue weighted by Crippen LogP contribution is -2.54. The number of benzene rings is 1. The van der Waals surface area contributed by atoms with Gasteiger partial charge in [-0.05, 0) is 55.2 Å². The van der Waals surface area contributed by atoms with Gasteiger partial charge in [0.2, 0.25) is 11.8 Å².